The average molecular weight is 278 g/mol. The Labute approximate surface area is 118 Å². The largest absolute Gasteiger partial charge is 0.395 e. The number of anilines is 2. The fraction of sp³-hybridized carbons (Fsp3) is 0.615. The van der Waals surface area contributed by atoms with Crippen LogP contribution < -0.4 is 10.2 Å². The minimum absolute atomic E-state index is 0.0946. The number of nitrogens with one attached hydrogen (secondary N) is 2. The van der Waals surface area contributed by atoms with Crippen molar-refractivity contribution in [3.05, 3.63) is 6.33 Å². The Hall–Kier alpha value is -1.89. The Balaban J connectivity index is 2.39. The van der Waals surface area contributed by atoms with Gasteiger partial charge in [0.1, 0.15) is 5.52 Å². The van der Waals surface area contributed by atoms with Gasteiger partial charge in [-0.2, -0.15) is 9.97 Å². The minimum atomic E-state index is 0.0946. The predicted molar refractivity (Wildman–Crippen MR) is 80.1 cm³/mol. The molecule has 2 aromatic rings. The van der Waals surface area contributed by atoms with Crippen LogP contribution in [0.2, 0.25) is 0 Å². The van der Waals surface area contributed by atoms with E-state index >= 15 is 0 Å². The van der Waals surface area contributed by atoms with Gasteiger partial charge in [0, 0.05) is 19.6 Å². The van der Waals surface area contributed by atoms with Gasteiger partial charge in [0.05, 0.1) is 12.9 Å². The van der Waals surface area contributed by atoms with Crippen LogP contribution in [0.1, 0.15) is 26.7 Å². The lowest BCUT2D eigenvalue weighted by Crippen LogP contribution is -2.29. The summed E-state index contributed by atoms with van der Waals surface area (Å²) in [6.07, 6.45) is 3.61. The maximum absolute atomic E-state index is 9.23. The summed E-state index contributed by atoms with van der Waals surface area (Å²) >= 11 is 0. The van der Waals surface area contributed by atoms with Gasteiger partial charge in [-0.25, -0.2) is 4.98 Å². The average Bonchev–Trinajstić information content (AvgIpc) is 2.92. The summed E-state index contributed by atoms with van der Waals surface area (Å²) in [6.45, 7) is 6.49. The van der Waals surface area contributed by atoms with Crippen LogP contribution in [0, 0.1) is 0 Å². The summed E-state index contributed by atoms with van der Waals surface area (Å²) in [5.74, 6) is 1.38. The summed E-state index contributed by atoms with van der Waals surface area (Å²) in [7, 11) is 0. The van der Waals surface area contributed by atoms with Gasteiger partial charge >= 0.3 is 0 Å². The van der Waals surface area contributed by atoms with E-state index in [2.05, 4.69) is 44.0 Å². The van der Waals surface area contributed by atoms with E-state index in [1.54, 1.807) is 6.33 Å². The number of nitrogens with zero attached hydrogens (tertiary/aromatic N) is 4. The van der Waals surface area contributed by atoms with Crippen molar-refractivity contribution in [2.75, 3.05) is 36.5 Å². The monoisotopic (exact) mass is 278 g/mol. The molecule has 0 saturated carbocycles. The van der Waals surface area contributed by atoms with Crippen molar-refractivity contribution in [3.63, 3.8) is 0 Å². The molecular formula is C13H22N6O. The number of rotatable bonds is 8. The third kappa shape index (κ3) is 3.16. The van der Waals surface area contributed by atoms with E-state index in [0.717, 1.165) is 37.3 Å². The third-order valence-electron chi connectivity index (χ3n) is 2.96. The minimum Gasteiger partial charge on any atom is -0.395 e. The van der Waals surface area contributed by atoms with Crippen molar-refractivity contribution in [1.82, 2.24) is 19.9 Å². The predicted octanol–water partition coefficient (Wildman–Crippen LogP) is 1.38. The topological polar surface area (TPSA) is 90.0 Å². The molecule has 0 atom stereocenters. The first-order chi connectivity index (χ1) is 9.80. The molecule has 0 unspecified atom stereocenters. The smallest absolute Gasteiger partial charge is 0.226 e. The van der Waals surface area contributed by atoms with Crippen LogP contribution in [0.4, 0.5) is 11.8 Å². The number of fused-ring (bicyclic) bond motifs is 1. The fourth-order valence-electron chi connectivity index (χ4n) is 2.08. The van der Waals surface area contributed by atoms with E-state index < -0.39 is 0 Å². The molecule has 0 aliphatic rings. The second-order valence-electron chi connectivity index (χ2n) is 4.61. The second kappa shape index (κ2) is 7.04. The van der Waals surface area contributed by atoms with Crippen LogP contribution >= 0.6 is 0 Å². The number of imidazole rings is 1. The summed E-state index contributed by atoms with van der Waals surface area (Å²) in [5, 5.41) is 12.4. The zero-order chi connectivity index (χ0) is 14.4. The molecule has 0 amide bonds. The van der Waals surface area contributed by atoms with Gasteiger partial charge in [-0.3, -0.25) is 0 Å². The van der Waals surface area contributed by atoms with E-state index in [1.165, 1.54) is 0 Å². The van der Waals surface area contributed by atoms with Gasteiger partial charge in [-0.05, 0) is 12.8 Å². The normalized spacial score (nSPS) is 10.9. The van der Waals surface area contributed by atoms with Crippen molar-refractivity contribution in [2.45, 2.75) is 26.7 Å². The highest BCUT2D eigenvalue weighted by atomic mass is 16.3. The highest BCUT2D eigenvalue weighted by molar-refractivity contribution is 5.84. The molecule has 0 saturated heterocycles. The van der Waals surface area contributed by atoms with Crippen molar-refractivity contribution in [1.29, 1.82) is 0 Å². The van der Waals surface area contributed by atoms with Gasteiger partial charge in [-0.15, -0.1) is 0 Å². The zero-order valence-electron chi connectivity index (χ0n) is 12.1. The van der Waals surface area contributed by atoms with Crippen LogP contribution in [-0.2, 0) is 0 Å². The molecule has 20 heavy (non-hydrogen) atoms. The van der Waals surface area contributed by atoms with Crippen LogP contribution in [0.3, 0.4) is 0 Å². The SMILES string of the molecule is CCCNc1nc(N(CCC)CCO)c2[nH]cnc2n1. The fourth-order valence-corrected chi connectivity index (χ4v) is 2.08. The lowest BCUT2D eigenvalue weighted by Gasteiger charge is -2.22. The molecule has 7 heteroatoms. The summed E-state index contributed by atoms with van der Waals surface area (Å²) < 4.78 is 0. The molecule has 110 valence electrons. The molecule has 0 bridgehead atoms. The van der Waals surface area contributed by atoms with Crippen molar-refractivity contribution in [3.8, 4) is 0 Å². The standard InChI is InChI=1S/C13H22N6O/c1-3-5-14-13-17-11-10(15-9-16-11)12(18-13)19(6-4-2)7-8-20/h9,20H,3-8H2,1-2H3,(H2,14,15,16,17,18). The first kappa shape index (κ1) is 14.5. The molecule has 2 rings (SSSR count). The number of aliphatic hydroxyl groups is 1. The molecular weight excluding hydrogens is 256 g/mol. The molecule has 0 aromatic carbocycles. The number of aromatic amines is 1. The van der Waals surface area contributed by atoms with Crippen LogP contribution in [-0.4, -0.2) is 51.3 Å². The third-order valence-corrected chi connectivity index (χ3v) is 2.96. The van der Waals surface area contributed by atoms with Crippen LogP contribution in [0.15, 0.2) is 6.33 Å². The molecule has 0 aliphatic heterocycles. The van der Waals surface area contributed by atoms with Crippen molar-refractivity contribution >= 4 is 22.9 Å². The quantitative estimate of drug-likeness (QED) is 0.676. The summed E-state index contributed by atoms with van der Waals surface area (Å²) in [4.78, 5) is 18.3. The Bertz CT molecular complexity index is 535. The first-order valence-corrected chi connectivity index (χ1v) is 7.10. The van der Waals surface area contributed by atoms with Crippen LogP contribution in [0.5, 0.6) is 0 Å². The Kier molecular flexibility index (Phi) is 5.11. The number of aliphatic hydroxyl groups excluding tert-OH is 1. The molecule has 7 nitrogen and oxygen atoms in total. The van der Waals surface area contributed by atoms with Gasteiger partial charge in [0.2, 0.25) is 5.95 Å². The highest BCUT2D eigenvalue weighted by Gasteiger charge is 2.15. The van der Waals surface area contributed by atoms with E-state index in [9.17, 15) is 5.11 Å². The first-order valence-electron chi connectivity index (χ1n) is 7.10. The summed E-state index contributed by atoms with van der Waals surface area (Å²) in [6, 6.07) is 0. The Morgan fingerprint density at radius 2 is 2.10 bits per heavy atom. The maximum atomic E-state index is 9.23. The van der Waals surface area contributed by atoms with Gasteiger partial charge in [0.25, 0.3) is 0 Å². The highest BCUT2D eigenvalue weighted by Crippen LogP contribution is 2.22. The van der Waals surface area contributed by atoms with Crippen LogP contribution in [0.25, 0.3) is 11.2 Å². The number of H-pyrrole nitrogens is 1. The molecule has 0 fully saturated rings. The lowest BCUT2D eigenvalue weighted by atomic mass is 10.3. The van der Waals surface area contributed by atoms with E-state index in [1.807, 2.05) is 0 Å². The second-order valence-corrected chi connectivity index (χ2v) is 4.61. The van der Waals surface area contributed by atoms with Crippen molar-refractivity contribution in [2.24, 2.45) is 0 Å². The van der Waals surface area contributed by atoms with E-state index in [0.29, 0.717) is 18.1 Å². The molecule has 2 aromatic heterocycles. The molecule has 3 N–H and O–H groups in total. The molecule has 0 spiro atoms. The zero-order valence-corrected chi connectivity index (χ0v) is 12.1. The maximum Gasteiger partial charge on any atom is 0.226 e. The number of hydrogen-bond donors (Lipinski definition) is 3. The number of hydrogen-bond acceptors (Lipinski definition) is 6. The molecule has 0 radical (unpaired) electrons. The van der Waals surface area contributed by atoms with Gasteiger partial charge in [0.15, 0.2) is 11.5 Å². The Morgan fingerprint density at radius 3 is 2.80 bits per heavy atom. The van der Waals surface area contributed by atoms with E-state index in [4.69, 9.17) is 0 Å². The Morgan fingerprint density at radius 1 is 1.25 bits per heavy atom. The number of aromatic nitrogens is 4. The summed E-state index contributed by atoms with van der Waals surface area (Å²) in [5.41, 5.74) is 1.46. The molecule has 0 aliphatic carbocycles. The lowest BCUT2D eigenvalue weighted by molar-refractivity contribution is 0.301. The van der Waals surface area contributed by atoms with Gasteiger partial charge < -0.3 is 20.3 Å². The van der Waals surface area contributed by atoms with E-state index in [-0.39, 0.29) is 6.61 Å². The van der Waals surface area contributed by atoms with Crippen molar-refractivity contribution < 1.29 is 5.11 Å². The molecule has 2 heterocycles. The van der Waals surface area contributed by atoms with Gasteiger partial charge in [-0.1, -0.05) is 13.8 Å².